The fourth-order valence-corrected chi connectivity index (χ4v) is 2.62. The van der Waals surface area contributed by atoms with Gasteiger partial charge in [-0.05, 0) is 35.7 Å². The molecule has 1 N–H and O–H groups in total. The predicted molar refractivity (Wildman–Crippen MR) is 83.9 cm³/mol. The highest BCUT2D eigenvalue weighted by Gasteiger charge is 2.01. The normalized spacial score (nSPS) is 10.7. The highest BCUT2D eigenvalue weighted by atomic mass is 32.2. The van der Waals surface area contributed by atoms with Gasteiger partial charge in [0.1, 0.15) is 0 Å². The van der Waals surface area contributed by atoms with E-state index in [9.17, 15) is 0 Å². The van der Waals surface area contributed by atoms with Crippen LogP contribution in [0.1, 0.15) is 31.0 Å². The van der Waals surface area contributed by atoms with Gasteiger partial charge in [0, 0.05) is 29.6 Å². The predicted octanol–water partition coefficient (Wildman–Crippen LogP) is 4.54. The minimum absolute atomic E-state index is 0.591. The number of hydrogen-bond donors (Lipinski definition) is 1. The van der Waals surface area contributed by atoms with Crippen LogP contribution in [0.4, 0.5) is 5.69 Å². The summed E-state index contributed by atoms with van der Waals surface area (Å²) in [4.78, 5) is 5.68. The van der Waals surface area contributed by atoms with Crippen molar-refractivity contribution in [2.75, 3.05) is 12.4 Å². The number of aromatic nitrogens is 1. The van der Waals surface area contributed by atoms with E-state index in [1.165, 1.54) is 10.5 Å². The molecular formula is C16H20N2S. The first kappa shape index (κ1) is 13.9. The molecule has 1 aromatic heterocycles. The van der Waals surface area contributed by atoms with Crippen molar-refractivity contribution in [2.24, 2.45) is 0 Å². The molecule has 19 heavy (non-hydrogen) atoms. The third kappa shape index (κ3) is 4.00. The second kappa shape index (κ2) is 6.62. The molecule has 2 nitrogen and oxygen atoms in total. The zero-order chi connectivity index (χ0) is 13.7. The third-order valence-electron chi connectivity index (χ3n) is 3.04. The van der Waals surface area contributed by atoms with E-state index in [2.05, 4.69) is 54.5 Å². The van der Waals surface area contributed by atoms with E-state index in [-0.39, 0.29) is 0 Å². The Morgan fingerprint density at radius 1 is 1.16 bits per heavy atom. The molecule has 0 bridgehead atoms. The average Bonchev–Trinajstić information content (AvgIpc) is 2.46. The number of nitrogens with one attached hydrogen (secondary N) is 1. The van der Waals surface area contributed by atoms with Crippen LogP contribution in [0.2, 0.25) is 0 Å². The number of thioether (sulfide) groups is 1. The van der Waals surface area contributed by atoms with Gasteiger partial charge in [0.25, 0.3) is 0 Å². The Kier molecular flexibility index (Phi) is 4.86. The van der Waals surface area contributed by atoms with E-state index in [4.69, 9.17) is 0 Å². The molecule has 1 aromatic carbocycles. The summed E-state index contributed by atoms with van der Waals surface area (Å²) in [6, 6.07) is 12.9. The first-order valence-electron chi connectivity index (χ1n) is 6.54. The largest absolute Gasteiger partial charge is 0.388 e. The molecule has 2 rings (SSSR count). The molecule has 1 heterocycles. The summed E-state index contributed by atoms with van der Waals surface area (Å²) in [5.74, 6) is 1.49. The molecule has 0 aliphatic rings. The molecule has 0 amide bonds. The van der Waals surface area contributed by atoms with Crippen LogP contribution >= 0.6 is 11.8 Å². The van der Waals surface area contributed by atoms with Crippen molar-refractivity contribution < 1.29 is 0 Å². The van der Waals surface area contributed by atoms with Gasteiger partial charge in [-0.15, -0.1) is 11.8 Å². The fraction of sp³-hybridized carbons (Fsp3) is 0.312. The Balaban J connectivity index is 1.98. The van der Waals surface area contributed by atoms with Crippen molar-refractivity contribution in [3.63, 3.8) is 0 Å². The smallest absolute Gasteiger partial charge is 0.0526 e. The summed E-state index contributed by atoms with van der Waals surface area (Å²) < 4.78 is 0. The quantitative estimate of drug-likeness (QED) is 0.809. The lowest BCUT2D eigenvalue weighted by Crippen LogP contribution is -1.92. The Hall–Kier alpha value is -1.48. The van der Waals surface area contributed by atoms with E-state index < -0.39 is 0 Å². The van der Waals surface area contributed by atoms with Crippen LogP contribution < -0.4 is 5.32 Å². The number of benzene rings is 1. The topological polar surface area (TPSA) is 24.9 Å². The highest BCUT2D eigenvalue weighted by Crippen LogP contribution is 2.25. The van der Waals surface area contributed by atoms with Crippen LogP contribution in [0.5, 0.6) is 0 Å². The van der Waals surface area contributed by atoms with Gasteiger partial charge < -0.3 is 5.32 Å². The van der Waals surface area contributed by atoms with Crippen LogP contribution in [0, 0.1) is 0 Å². The molecule has 0 saturated heterocycles. The molecule has 0 unspecified atom stereocenters. The first-order chi connectivity index (χ1) is 9.19. The van der Waals surface area contributed by atoms with Gasteiger partial charge >= 0.3 is 0 Å². The Bertz CT molecular complexity index is 521. The summed E-state index contributed by atoms with van der Waals surface area (Å²) in [6.07, 6.45) is 1.85. The first-order valence-corrected chi connectivity index (χ1v) is 7.53. The Labute approximate surface area is 119 Å². The monoisotopic (exact) mass is 272 g/mol. The Morgan fingerprint density at radius 3 is 2.53 bits per heavy atom. The summed E-state index contributed by atoms with van der Waals surface area (Å²) in [5, 5.41) is 3.14. The van der Waals surface area contributed by atoms with Crippen LogP contribution in [0.3, 0.4) is 0 Å². The van der Waals surface area contributed by atoms with Gasteiger partial charge in [0.2, 0.25) is 0 Å². The SMILES string of the molecule is CNc1ccnc(CSc2ccc(C(C)C)cc2)c1. The maximum Gasteiger partial charge on any atom is 0.0526 e. The molecule has 0 atom stereocenters. The van der Waals surface area contributed by atoms with Crippen molar-refractivity contribution >= 4 is 17.4 Å². The lowest BCUT2D eigenvalue weighted by Gasteiger charge is -2.07. The van der Waals surface area contributed by atoms with Gasteiger partial charge in [0.05, 0.1) is 5.69 Å². The number of nitrogens with zero attached hydrogens (tertiary/aromatic N) is 1. The number of pyridine rings is 1. The van der Waals surface area contributed by atoms with E-state index in [0.29, 0.717) is 5.92 Å². The van der Waals surface area contributed by atoms with E-state index in [1.807, 2.05) is 31.1 Å². The molecule has 0 radical (unpaired) electrons. The van der Waals surface area contributed by atoms with Gasteiger partial charge in [-0.3, -0.25) is 4.98 Å². The highest BCUT2D eigenvalue weighted by molar-refractivity contribution is 7.98. The van der Waals surface area contributed by atoms with Crippen LogP contribution in [-0.2, 0) is 5.75 Å². The van der Waals surface area contributed by atoms with Crippen LogP contribution in [-0.4, -0.2) is 12.0 Å². The fourth-order valence-electron chi connectivity index (χ4n) is 1.82. The van der Waals surface area contributed by atoms with Crippen LogP contribution in [0.15, 0.2) is 47.5 Å². The van der Waals surface area contributed by atoms with E-state index in [1.54, 1.807) is 0 Å². The molecule has 0 fully saturated rings. The second-order valence-corrected chi connectivity index (χ2v) is 5.85. The average molecular weight is 272 g/mol. The van der Waals surface area contributed by atoms with Crippen LogP contribution in [0.25, 0.3) is 0 Å². The van der Waals surface area contributed by atoms with E-state index >= 15 is 0 Å². The standard InChI is InChI=1S/C16H20N2S/c1-12(2)13-4-6-16(7-5-13)19-11-15-10-14(17-3)8-9-18-15/h4-10,12H,11H2,1-3H3,(H,17,18). The van der Waals surface area contributed by atoms with Gasteiger partial charge in [-0.1, -0.05) is 26.0 Å². The van der Waals surface area contributed by atoms with E-state index in [0.717, 1.165) is 17.1 Å². The van der Waals surface area contributed by atoms with Gasteiger partial charge in [-0.25, -0.2) is 0 Å². The molecule has 0 saturated carbocycles. The maximum absolute atomic E-state index is 4.39. The molecule has 0 spiro atoms. The summed E-state index contributed by atoms with van der Waals surface area (Å²) >= 11 is 1.82. The van der Waals surface area contributed by atoms with Crippen molar-refractivity contribution in [1.29, 1.82) is 0 Å². The van der Waals surface area contributed by atoms with Crippen molar-refractivity contribution in [1.82, 2.24) is 4.98 Å². The lowest BCUT2D eigenvalue weighted by molar-refractivity contribution is 0.865. The van der Waals surface area contributed by atoms with Crippen molar-refractivity contribution in [3.05, 3.63) is 53.9 Å². The molecular weight excluding hydrogens is 252 g/mol. The van der Waals surface area contributed by atoms with Gasteiger partial charge in [-0.2, -0.15) is 0 Å². The molecule has 0 aliphatic carbocycles. The number of rotatable bonds is 5. The zero-order valence-electron chi connectivity index (χ0n) is 11.7. The zero-order valence-corrected chi connectivity index (χ0v) is 12.5. The third-order valence-corrected chi connectivity index (χ3v) is 4.08. The lowest BCUT2D eigenvalue weighted by atomic mass is 10.0. The molecule has 100 valence electrons. The molecule has 3 heteroatoms. The minimum atomic E-state index is 0.591. The summed E-state index contributed by atoms with van der Waals surface area (Å²) in [6.45, 7) is 4.44. The Morgan fingerprint density at radius 2 is 1.89 bits per heavy atom. The summed E-state index contributed by atoms with van der Waals surface area (Å²) in [5.41, 5.74) is 3.60. The number of anilines is 1. The second-order valence-electron chi connectivity index (χ2n) is 4.80. The molecule has 0 aliphatic heterocycles. The summed E-state index contributed by atoms with van der Waals surface area (Å²) in [7, 11) is 1.93. The maximum atomic E-state index is 4.39. The van der Waals surface area contributed by atoms with Gasteiger partial charge in [0.15, 0.2) is 0 Å². The molecule has 2 aromatic rings. The number of hydrogen-bond acceptors (Lipinski definition) is 3. The minimum Gasteiger partial charge on any atom is -0.388 e. The van der Waals surface area contributed by atoms with Crippen molar-refractivity contribution in [3.8, 4) is 0 Å². The van der Waals surface area contributed by atoms with Crippen molar-refractivity contribution in [2.45, 2.75) is 30.4 Å².